The summed E-state index contributed by atoms with van der Waals surface area (Å²) in [6, 6.07) is -0.745. The Morgan fingerprint density at radius 1 is 1.37 bits per heavy atom. The van der Waals surface area contributed by atoms with Crippen molar-refractivity contribution in [1.29, 1.82) is 0 Å². The number of hydrogen-bond donors (Lipinski definition) is 2. The molecule has 0 aromatic rings. The number of carbonyl (C=O) groups excluding carboxylic acids is 1. The van der Waals surface area contributed by atoms with Crippen molar-refractivity contribution in [2.75, 3.05) is 6.54 Å². The van der Waals surface area contributed by atoms with Crippen molar-refractivity contribution in [1.82, 2.24) is 4.90 Å². The van der Waals surface area contributed by atoms with Crippen molar-refractivity contribution < 1.29 is 28.6 Å². The van der Waals surface area contributed by atoms with Gasteiger partial charge in [0.1, 0.15) is 0 Å². The zero-order valence-corrected chi connectivity index (χ0v) is 16.0. The van der Waals surface area contributed by atoms with E-state index in [9.17, 15) is 23.5 Å². The van der Waals surface area contributed by atoms with Crippen LogP contribution in [0.15, 0.2) is 12.2 Å². The fourth-order valence-electron chi connectivity index (χ4n) is 2.99. The van der Waals surface area contributed by atoms with Gasteiger partial charge in [-0.2, -0.15) is 8.78 Å². The maximum absolute atomic E-state index is 13.8. The Morgan fingerprint density at radius 2 is 2.04 bits per heavy atom. The third-order valence-electron chi connectivity index (χ3n) is 4.69. The van der Waals surface area contributed by atoms with Crippen molar-refractivity contribution in [2.24, 2.45) is 5.92 Å². The smallest absolute Gasteiger partial charge is 0.327 e. The largest absolute Gasteiger partial charge is 0.481 e. The van der Waals surface area contributed by atoms with Crippen LogP contribution in [-0.2, 0) is 9.59 Å². The molecule has 7 heteroatoms. The quantitative estimate of drug-likeness (QED) is 0.325. The SMILES string of the molecule is CC#CC[C@H](C)[C@H](O)C=C[C@H]1CC(F)(F)C(=O)N1CCCCCCC(=O)O. The lowest BCUT2D eigenvalue weighted by Crippen LogP contribution is -2.36. The minimum absolute atomic E-state index is 0.0879. The molecule has 0 spiro atoms. The molecule has 1 amide bonds. The van der Waals surface area contributed by atoms with Gasteiger partial charge in [0.05, 0.1) is 12.1 Å². The van der Waals surface area contributed by atoms with Crippen LogP contribution in [0.3, 0.4) is 0 Å². The van der Waals surface area contributed by atoms with E-state index in [1.807, 2.05) is 6.92 Å². The molecule has 3 atom stereocenters. The van der Waals surface area contributed by atoms with E-state index in [1.165, 1.54) is 12.2 Å². The average molecular weight is 385 g/mol. The molecular weight excluding hydrogens is 356 g/mol. The number of aliphatic carboxylic acids is 1. The van der Waals surface area contributed by atoms with Crippen molar-refractivity contribution >= 4 is 11.9 Å². The number of likely N-dealkylation sites (tertiary alicyclic amines) is 1. The summed E-state index contributed by atoms with van der Waals surface area (Å²) in [5.41, 5.74) is 0. The van der Waals surface area contributed by atoms with Gasteiger partial charge < -0.3 is 15.1 Å². The van der Waals surface area contributed by atoms with Crippen LogP contribution >= 0.6 is 0 Å². The van der Waals surface area contributed by atoms with Gasteiger partial charge in [-0.05, 0) is 25.7 Å². The average Bonchev–Trinajstić information content (AvgIpc) is 2.82. The number of carboxylic acids is 1. The van der Waals surface area contributed by atoms with Crippen molar-refractivity contribution in [3.63, 3.8) is 0 Å². The molecule has 0 radical (unpaired) electrons. The molecule has 1 heterocycles. The fraction of sp³-hybridized carbons (Fsp3) is 0.700. The molecular formula is C20H29F2NO4. The first kappa shape index (κ1) is 23.1. The third kappa shape index (κ3) is 7.67. The van der Waals surface area contributed by atoms with Gasteiger partial charge in [0.15, 0.2) is 0 Å². The zero-order valence-electron chi connectivity index (χ0n) is 16.0. The highest BCUT2D eigenvalue weighted by molar-refractivity contribution is 5.86. The molecule has 5 nitrogen and oxygen atoms in total. The second-order valence-corrected chi connectivity index (χ2v) is 7.02. The number of halogens is 2. The number of alkyl halides is 2. The number of aliphatic hydroxyl groups is 1. The van der Waals surface area contributed by atoms with Crippen LogP contribution in [0.4, 0.5) is 8.78 Å². The van der Waals surface area contributed by atoms with E-state index in [0.29, 0.717) is 32.1 Å². The van der Waals surface area contributed by atoms with E-state index >= 15 is 0 Å². The number of amides is 1. The first-order valence-electron chi connectivity index (χ1n) is 9.35. The number of carbonyl (C=O) groups is 2. The van der Waals surface area contributed by atoms with Crippen LogP contribution in [0, 0.1) is 17.8 Å². The van der Waals surface area contributed by atoms with Gasteiger partial charge >= 0.3 is 11.9 Å². The molecule has 0 aromatic heterocycles. The maximum Gasteiger partial charge on any atom is 0.327 e. The third-order valence-corrected chi connectivity index (χ3v) is 4.69. The summed E-state index contributed by atoms with van der Waals surface area (Å²) in [6.45, 7) is 3.73. The van der Waals surface area contributed by atoms with Gasteiger partial charge in [-0.1, -0.05) is 31.9 Å². The van der Waals surface area contributed by atoms with Gasteiger partial charge in [0, 0.05) is 25.8 Å². The Kier molecular flexibility index (Phi) is 9.44. The van der Waals surface area contributed by atoms with E-state index in [-0.39, 0.29) is 18.9 Å². The number of hydrogen-bond acceptors (Lipinski definition) is 3. The van der Waals surface area contributed by atoms with E-state index in [2.05, 4.69) is 11.8 Å². The monoisotopic (exact) mass is 385 g/mol. The molecule has 0 aromatic carbocycles. The lowest BCUT2D eigenvalue weighted by molar-refractivity contribution is -0.148. The maximum atomic E-state index is 13.8. The molecule has 1 aliphatic rings. The molecule has 0 bridgehead atoms. The summed E-state index contributed by atoms with van der Waals surface area (Å²) in [6.07, 6.45) is 4.58. The molecule has 0 aliphatic carbocycles. The Morgan fingerprint density at radius 3 is 2.67 bits per heavy atom. The minimum Gasteiger partial charge on any atom is -0.481 e. The second-order valence-electron chi connectivity index (χ2n) is 7.02. The summed E-state index contributed by atoms with van der Waals surface area (Å²) in [4.78, 5) is 23.6. The first-order valence-corrected chi connectivity index (χ1v) is 9.35. The summed E-state index contributed by atoms with van der Waals surface area (Å²) in [7, 11) is 0. The van der Waals surface area contributed by atoms with Gasteiger partial charge in [0.2, 0.25) is 0 Å². The topological polar surface area (TPSA) is 77.8 Å². The normalized spacial score (nSPS) is 21.1. The Hall–Kier alpha value is -1.94. The van der Waals surface area contributed by atoms with Crippen LogP contribution in [0.1, 0.15) is 58.8 Å². The molecule has 152 valence electrons. The van der Waals surface area contributed by atoms with Gasteiger partial charge in [-0.25, -0.2) is 0 Å². The highest BCUT2D eigenvalue weighted by Crippen LogP contribution is 2.34. The molecule has 1 rings (SSSR count). The Bertz CT molecular complexity index is 595. The van der Waals surface area contributed by atoms with E-state index in [4.69, 9.17) is 5.11 Å². The highest BCUT2D eigenvalue weighted by atomic mass is 19.3. The van der Waals surface area contributed by atoms with Gasteiger partial charge in [-0.15, -0.1) is 11.8 Å². The molecule has 1 aliphatic heterocycles. The minimum atomic E-state index is -3.39. The van der Waals surface area contributed by atoms with Crippen LogP contribution in [0.5, 0.6) is 0 Å². The summed E-state index contributed by atoms with van der Waals surface area (Å²) in [5, 5.41) is 18.7. The van der Waals surface area contributed by atoms with Gasteiger partial charge in [-0.3, -0.25) is 9.59 Å². The number of nitrogens with zero attached hydrogens (tertiary/aromatic N) is 1. The van der Waals surface area contributed by atoms with E-state index in [0.717, 1.165) is 4.90 Å². The second kappa shape index (κ2) is 11.0. The lowest BCUT2D eigenvalue weighted by atomic mass is 10.00. The summed E-state index contributed by atoms with van der Waals surface area (Å²) in [5.74, 6) is 0.0706. The van der Waals surface area contributed by atoms with Gasteiger partial charge in [0.25, 0.3) is 5.91 Å². The molecule has 0 saturated carbocycles. The standard InChI is InChI=1S/C20H29F2NO4/c1-3-4-9-15(2)17(24)12-11-16-14-20(21,22)19(27)23(16)13-8-6-5-7-10-18(25)26/h11-12,15-17,24H,5-10,13-14H2,1-2H3,(H,25,26)/t15-,16-,17+/m0/s1. The number of unbranched alkanes of at least 4 members (excludes halogenated alkanes) is 3. The molecule has 0 unspecified atom stereocenters. The van der Waals surface area contributed by atoms with Crippen molar-refractivity contribution in [3.8, 4) is 11.8 Å². The molecule has 1 saturated heterocycles. The van der Waals surface area contributed by atoms with Crippen molar-refractivity contribution in [2.45, 2.75) is 76.9 Å². The Balaban J connectivity index is 2.59. The number of carboxylic acid groups (broad SMARTS) is 1. The molecule has 27 heavy (non-hydrogen) atoms. The summed E-state index contributed by atoms with van der Waals surface area (Å²) >= 11 is 0. The van der Waals surface area contributed by atoms with E-state index in [1.54, 1.807) is 6.92 Å². The molecule has 1 fully saturated rings. The number of rotatable bonds is 11. The highest BCUT2D eigenvalue weighted by Gasteiger charge is 2.52. The first-order chi connectivity index (χ1) is 12.7. The Labute approximate surface area is 159 Å². The fourth-order valence-corrected chi connectivity index (χ4v) is 2.99. The van der Waals surface area contributed by atoms with Crippen molar-refractivity contribution in [3.05, 3.63) is 12.2 Å². The summed E-state index contributed by atoms with van der Waals surface area (Å²) < 4.78 is 27.7. The lowest BCUT2D eigenvalue weighted by Gasteiger charge is -2.22. The zero-order chi connectivity index (χ0) is 20.4. The number of aliphatic hydroxyl groups excluding tert-OH is 1. The predicted molar refractivity (Wildman–Crippen MR) is 98.2 cm³/mol. The van der Waals surface area contributed by atoms with Crippen LogP contribution in [0.2, 0.25) is 0 Å². The van der Waals surface area contributed by atoms with Crippen LogP contribution in [0.25, 0.3) is 0 Å². The molecule has 2 N–H and O–H groups in total. The van der Waals surface area contributed by atoms with Crippen LogP contribution in [-0.4, -0.2) is 51.6 Å². The predicted octanol–water partition coefficient (Wildman–Crippen LogP) is 3.22. The van der Waals surface area contributed by atoms with E-state index < -0.39 is 36.4 Å². The van der Waals surface area contributed by atoms with Crippen LogP contribution < -0.4 is 0 Å².